The molecule has 6 N–H and O–H groups in total. The Bertz CT molecular complexity index is 1270. The summed E-state index contributed by atoms with van der Waals surface area (Å²) >= 11 is 0. The summed E-state index contributed by atoms with van der Waals surface area (Å²) in [5, 5.41) is 24.8. The number of carbonyl (C=O) groups excluding carboxylic acids is 1. The number of nitrogens with one attached hydrogen (secondary N) is 3. The van der Waals surface area contributed by atoms with E-state index in [1.165, 1.54) is 12.4 Å². The van der Waals surface area contributed by atoms with Gasteiger partial charge in [-0.05, 0) is 37.1 Å². The van der Waals surface area contributed by atoms with Gasteiger partial charge >= 0.3 is 0 Å². The Morgan fingerprint density at radius 3 is 2.74 bits per heavy atom. The number of aryl methyl sites for hydroxylation is 1. The number of nitrogen functional groups attached to an aromatic ring is 1. The van der Waals surface area contributed by atoms with E-state index in [0.29, 0.717) is 53.8 Å². The normalized spacial score (nSPS) is 14.8. The maximum Gasteiger partial charge on any atom is 0.255 e. The van der Waals surface area contributed by atoms with Gasteiger partial charge in [-0.1, -0.05) is 0 Å². The molecule has 35 heavy (non-hydrogen) atoms. The number of β-amino-alcohol motifs (C(OH)–C–C–N with tert-alkyl or cyclic N) is 1. The quantitative estimate of drug-likeness (QED) is 0.250. The third kappa shape index (κ3) is 5.21. The molecule has 3 aromatic heterocycles. The van der Waals surface area contributed by atoms with Crippen LogP contribution >= 0.6 is 0 Å². The Kier molecular flexibility index (Phi) is 6.91. The molecule has 1 atom stereocenters. The van der Waals surface area contributed by atoms with Gasteiger partial charge in [0.2, 0.25) is 5.88 Å². The van der Waals surface area contributed by atoms with E-state index in [0.717, 1.165) is 5.56 Å². The fourth-order valence-corrected chi connectivity index (χ4v) is 3.66. The van der Waals surface area contributed by atoms with E-state index >= 15 is 0 Å². The lowest BCUT2D eigenvalue weighted by molar-refractivity contribution is 0.0764. The highest BCUT2D eigenvalue weighted by Crippen LogP contribution is 2.35. The predicted molar refractivity (Wildman–Crippen MR) is 129 cm³/mol. The van der Waals surface area contributed by atoms with E-state index in [1.54, 1.807) is 43.1 Å². The molecule has 4 rings (SSSR count). The van der Waals surface area contributed by atoms with Gasteiger partial charge in [0, 0.05) is 32.4 Å². The fourth-order valence-electron chi connectivity index (χ4n) is 3.66. The van der Waals surface area contributed by atoms with Crippen LogP contribution in [0.3, 0.4) is 0 Å². The molecule has 0 aliphatic carbocycles. The summed E-state index contributed by atoms with van der Waals surface area (Å²) in [5.41, 5.74) is 5.07. The number of pyridine rings is 3. The molecule has 0 bridgehead atoms. The van der Waals surface area contributed by atoms with Gasteiger partial charge in [0.25, 0.3) is 5.91 Å². The summed E-state index contributed by atoms with van der Waals surface area (Å²) < 4.78 is 5.92. The first-order valence-electron chi connectivity index (χ1n) is 10.9. The second-order valence-corrected chi connectivity index (χ2v) is 7.93. The summed E-state index contributed by atoms with van der Waals surface area (Å²) in [7, 11) is 1.69. The summed E-state index contributed by atoms with van der Waals surface area (Å²) in [6.45, 7) is 2.65. The number of ether oxygens (including phenoxy) is 1. The Hall–Kier alpha value is -4.47. The van der Waals surface area contributed by atoms with Crippen LogP contribution in [0, 0.1) is 18.3 Å². The third-order valence-corrected chi connectivity index (χ3v) is 5.49. The summed E-state index contributed by atoms with van der Waals surface area (Å²) in [4.78, 5) is 27.0. The largest absolute Gasteiger partial charge is 0.437 e. The van der Waals surface area contributed by atoms with Crippen molar-refractivity contribution in [1.82, 2.24) is 19.9 Å². The molecule has 3 aromatic rings. The summed E-state index contributed by atoms with van der Waals surface area (Å²) in [6, 6.07) is 8.60. The monoisotopic (exact) mass is 475 g/mol. The zero-order chi connectivity index (χ0) is 24.9. The molecule has 12 heteroatoms. The lowest BCUT2D eigenvalue weighted by atomic mass is 10.2. The van der Waals surface area contributed by atoms with Crippen molar-refractivity contribution in [3.05, 3.63) is 53.5 Å². The summed E-state index contributed by atoms with van der Waals surface area (Å²) in [5.74, 6) is 7.16. The number of anilines is 4. The number of hydrogen-bond acceptors (Lipinski definition) is 11. The van der Waals surface area contributed by atoms with Crippen molar-refractivity contribution in [2.75, 3.05) is 36.2 Å². The minimum atomic E-state index is -0.483. The van der Waals surface area contributed by atoms with E-state index < -0.39 is 6.10 Å². The number of aliphatic hydroxyl groups excluding tert-OH is 1. The zero-order valence-electron chi connectivity index (χ0n) is 19.2. The van der Waals surface area contributed by atoms with Gasteiger partial charge in [-0.3, -0.25) is 10.6 Å². The third-order valence-electron chi connectivity index (χ3n) is 5.49. The number of aromatic nitrogens is 3. The molecule has 1 amide bonds. The van der Waals surface area contributed by atoms with Gasteiger partial charge < -0.3 is 30.8 Å². The van der Waals surface area contributed by atoms with E-state index in [1.807, 2.05) is 6.07 Å². The smallest absolute Gasteiger partial charge is 0.255 e. The zero-order valence-corrected chi connectivity index (χ0v) is 19.2. The second kappa shape index (κ2) is 10.2. The van der Waals surface area contributed by atoms with Crippen molar-refractivity contribution in [1.29, 1.82) is 5.26 Å². The number of rotatable bonds is 7. The van der Waals surface area contributed by atoms with Gasteiger partial charge in [-0.25, -0.2) is 9.97 Å². The number of hydrogen-bond donors (Lipinski definition) is 5. The number of amides is 1. The number of nitriles is 1. The van der Waals surface area contributed by atoms with Crippen LogP contribution in [0.1, 0.15) is 28.0 Å². The standard InChI is InChI=1S/C23H25N9O3/c1-13-7-15(9-24)27-11-18(13)35-20-8-17(21(31-25)22(26-2)30-20)29-19-4-3-14(10-28-19)23(34)32-6-5-16(33)12-32/h3-4,7-8,10-11,16,31,33H,5-6,12,25H2,1-2H3,(H2,26,28,29,30). The van der Waals surface area contributed by atoms with E-state index in [-0.39, 0.29) is 17.5 Å². The van der Waals surface area contributed by atoms with Gasteiger partial charge in [0.15, 0.2) is 11.6 Å². The van der Waals surface area contributed by atoms with Crippen molar-refractivity contribution in [3.8, 4) is 17.7 Å². The molecular formula is C23H25N9O3. The van der Waals surface area contributed by atoms with Crippen LogP contribution in [-0.4, -0.2) is 57.1 Å². The molecule has 0 aromatic carbocycles. The van der Waals surface area contributed by atoms with Crippen molar-refractivity contribution < 1.29 is 14.6 Å². The number of carbonyl (C=O) groups is 1. The highest BCUT2D eigenvalue weighted by Gasteiger charge is 2.25. The van der Waals surface area contributed by atoms with Crippen LogP contribution in [0.2, 0.25) is 0 Å². The molecular weight excluding hydrogens is 450 g/mol. The van der Waals surface area contributed by atoms with Crippen molar-refractivity contribution >= 4 is 28.9 Å². The number of likely N-dealkylation sites (tertiary alicyclic amines) is 1. The van der Waals surface area contributed by atoms with E-state index in [2.05, 4.69) is 31.0 Å². The molecule has 1 unspecified atom stereocenters. The van der Waals surface area contributed by atoms with Crippen LogP contribution in [0.4, 0.5) is 23.0 Å². The first-order chi connectivity index (χ1) is 16.9. The van der Waals surface area contributed by atoms with Crippen LogP contribution in [0.15, 0.2) is 36.7 Å². The number of nitrogens with zero attached hydrogens (tertiary/aromatic N) is 5. The van der Waals surface area contributed by atoms with Gasteiger partial charge in [-0.15, -0.1) is 0 Å². The molecule has 0 saturated carbocycles. The number of hydrazine groups is 1. The molecule has 1 fully saturated rings. The van der Waals surface area contributed by atoms with Crippen molar-refractivity contribution in [2.45, 2.75) is 19.4 Å². The van der Waals surface area contributed by atoms with Crippen LogP contribution in [0.5, 0.6) is 11.6 Å². The minimum absolute atomic E-state index is 0.173. The predicted octanol–water partition coefficient (Wildman–Crippen LogP) is 2.12. The Morgan fingerprint density at radius 1 is 1.31 bits per heavy atom. The average molecular weight is 476 g/mol. The highest BCUT2D eigenvalue weighted by atomic mass is 16.5. The van der Waals surface area contributed by atoms with E-state index in [9.17, 15) is 9.90 Å². The summed E-state index contributed by atoms with van der Waals surface area (Å²) in [6.07, 6.45) is 3.04. The number of aliphatic hydroxyl groups is 1. The first-order valence-corrected chi connectivity index (χ1v) is 10.9. The topological polar surface area (TPSA) is 174 Å². The molecule has 1 aliphatic rings. The molecule has 4 heterocycles. The maximum absolute atomic E-state index is 12.6. The van der Waals surface area contributed by atoms with Gasteiger partial charge in [0.05, 0.1) is 23.6 Å². The SMILES string of the molecule is CNc1nc(Oc2cnc(C#N)cc2C)cc(Nc2ccc(C(=O)N3CCC(O)C3)cn2)c1NN. The van der Waals surface area contributed by atoms with Crippen LogP contribution in [0.25, 0.3) is 0 Å². The second-order valence-electron chi connectivity index (χ2n) is 7.93. The van der Waals surface area contributed by atoms with Gasteiger partial charge in [0.1, 0.15) is 23.3 Å². The lowest BCUT2D eigenvalue weighted by Gasteiger charge is -2.18. The Morgan fingerprint density at radius 2 is 2.14 bits per heavy atom. The Balaban J connectivity index is 1.58. The molecule has 0 radical (unpaired) electrons. The molecule has 12 nitrogen and oxygen atoms in total. The van der Waals surface area contributed by atoms with Crippen LogP contribution in [-0.2, 0) is 0 Å². The fraction of sp³-hybridized carbons (Fsp3) is 0.261. The average Bonchev–Trinajstić information content (AvgIpc) is 3.31. The highest BCUT2D eigenvalue weighted by molar-refractivity contribution is 5.94. The van der Waals surface area contributed by atoms with Crippen molar-refractivity contribution in [3.63, 3.8) is 0 Å². The lowest BCUT2D eigenvalue weighted by Crippen LogP contribution is -2.29. The molecule has 1 saturated heterocycles. The first kappa shape index (κ1) is 23.7. The molecule has 180 valence electrons. The van der Waals surface area contributed by atoms with E-state index in [4.69, 9.17) is 15.8 Å². The maximum atomic E-state index is 12.6. The number of nitrogens with two attached hydrogens (primary N) is 1. The van der Waals surface area contributed by atoms with Crippen LogP contribution < -0.4 is 26.6 Å². The Labute approximate surface area is 201 Å². The minimum Gasteiger partial charge on any atom is -0.437 e. The molecule has 0 spiro atoms. The van der Waals surface area contributed by atoms with Gasteiger partial charge in [-0.2, -0.15) is 10.2 Å². The molecule has 1 aliphatic heterocycles. The van der Waals surface area contributed by atoms with Crippen molar-refractivity contribution in [2.24, 2.45) is 5.84 Å².